The van der Waals surface area contributed by atoms with E-state index in [2.05, 4.69) is 47.4 Å². The van der Waals surface area contributed by atoms with E-state index in [1.807, 2.05) is 30.9 Å². The number of aliphatic imine (C=N–C) groups is 3. The van der Waals surface area contributed by atoms with Crippen molar-refractivity contribution in [3.8, 4) is 0 Å². The van der Waals surface area contributed by atoms with Gasteiger partial charge in [-0.1, -0.05) is 26.0 Å². The van der Waals surface area contributed by atoms with Crippen molar-refractivity contribution in [2.24, 2.45) is 26.8 Å². The number of aromatic nitrogens is 2. The number of H-pyrrole nitrogens is 1. The summed E-state index contributed by atoms with van der Waals surface area (Å²) in [6.45, 7) is 15.8. The number of hydrogen-bond acceptors (Lipinski definition) is 5. The van der Waals surface area contributed by atoms with E-state index in [9.17, 15) is 4.79 Å². The Kier molecular flexibility index (Phi) is 6.05. The van der Waals surface area contributed by atoms with Gasteiger partial charge in [-0.3, -0.25) is 14.7 Å². The summed E-state index contributed by atoms with van der Waals surface area (Å²) in [5.41, 5.74) is 1.11. The Morgan fingerprint density at radius 3 is 2.83 bits per heavy atom. The van der Waals surface area contributed by atoms with Crippen LogP contribution < -0.4 is 5.32 Å². The average Bonchev–Trinajstić information content (AvgIpc) is 3.09. The molecule has 8 heteroatoms. The first-order valence-corrected chi connectivity index (χ1v) is 10.3. The molecule has 1 saturated carbocycles. The fraction of sp³-hybridized carbons (Fsp3) is 0.500. The summed E-state index contributed by atoms with van der Waals surface area (Å²) in [6, 6.07) is -0.403. The van der Waals surface area contributed by atoms with Crippen LogP contribution in [0.5, 0.6) is 0 Å². The maximum absolute atomic E-state index is 13.3. The lowest BCUT2D eigenvalue weighted by atomic mass is 10.0. The highest BCUT2D eigenvalue weighted by atomic mass is 16.2. The lowest BCUT2D eigenvalue weighted by Crippen LogP contribution is -2.53. The molecule has 0 radical (unpaired) electrons. The van der Waals surface area contributed by atoms with E-state index >= 15 is 0 Å². The summed E-state index contributed by atoms with van der Waals surface area (Å²) in [5, 5.41) is 3.01. The SMILES string of the molecule is C=CC1C(C)C1(CC)N1C(=O)C/C(=C\C)N=C1C(C)N=C(N=C)c1[nH]cnc1NC. The second-order valence-electron chi connectivity index (χ2n) is 7.71. The van der Waals surface area contributed by atoms with Crippen molar-refractivity contribution in [1.82, 2.24) is 14.9 Å². The molecule has 8 nitrogen and oxygen atoms in total. The summed E-state index contributed by atoms with van der Waals surface area (Å²) < 4.78 is 0. The minimum atomic E-state index is -0.403. The second-order valence-corrected chi connectivity index (χ2v) is 7.71. The summed E-state index contributed by atoms with van der Waals surface area (Å²) in [5.74, 6) is 2.30. The molecule has 0 bridgehead atoms. The third-order valence-corrected chi connectivity index (χ3v) is 6.37. The van der Waals surface area contributed by atoms with Crippen LogP contribution in [0.15, 0.2) is 45.7 Å². The predicted octanol–water partition coefficient (Wildman–Crippen LogP) is 3.42. The number of amidine groups is 2. The number of nitrogens with zero attached hydrogens (tertiary/aromatic N) is 5. The topological polar surface area (TPSA) is 98.1 Å². The van der Waals surface area contributed by atoms with Crippen molar-refractivity contribution < 1.29 is 4.79 Å². The fourth-order valence-corrected chi connectivity index (χ4v) is 4.69. The van der Waals surface area contributed by atoms with Gasteiger partial charge in [0.2, 0.25) is 5.91 Å². The van der Waals surface area contributed by atoms with E-state index < -0.39 is 6.04 Å². The highest BCUT2D eigenvalue weighted by molar-refractivity contribution is 6.08. The number of aromatic amines is 1. The number of amides is 1. The first-order valence-electron chi connectivity index (χ1n) is 10.3. The van der Waals surface area contributed by atoms with Gasteiger partial charge < -0.3 is 10.3 Å². The molecule has 160 valence electrons. The molecular formula is C22H31N7O. The van der Waals surface area contributed by atoms with Crippen molar-refractivity contribution in [1.29, 1.82) is 0 Å². The summed E-state index contributed by atoms with van der Waals surface area (Å²) in [6.07, 6.45) is 6.54. The lowest BCUT2D eigenvalue weighted by molar-refractivity contribution is -0.130. The first-order chi connectivity index (χ1) is 14.4. The van der Waals surface area contributed by atoms with Gasteiger partial charge in [-0.15, -0.1) is 6.58 Å². The molecule has 0 saturated heterocycles. The van der Waals surface area contributed by atoms with Crippen molar-refractivity contribution in [3.05, 3.63) is 36.4 Å². The zero-order valence-electron chi connectivity index (χ0n) is 18.4. The Labute approximate surface area is 178 Å². The monoisotopic (exact) mass is 409 g/mol. The van der Waals surface area contributed by atoms with Gasteiger partial charge in [-0.25, -0.2) is 15.0 Å². The molecule has 2 aliphatic rings. The van der Waals surface area contributed by atoms with Gasteiger partial charge >= 0.3 is 0 Å². The van der Waals surface area contributed by atoms with E-state index in [1.165, 1.54) is 0 Å². The number of carbonyl (C=O) groups is 1. The predicted molar refractivity (Wildman–Crippen MR) is 122 cm³/mol. The van der Waals surface area contributed by atoms with Crippen molar-refractivity contribution in [2.45, 2.75) is 52.1 Å². The summed E-state index contributed by atoms with van der Waals surface area (Å²) in [7, 11) is 1.78. The van der Waals surface area contributed by atoms with Crippen molar-refractivity contribution >= 4 is 30.1 Å². The van der Waals surface area contributed by atoms with Crippen LogP contribution in [-0.4, -0.2) is 57.8 Å². The normalized spacial score (nSPS) is 28.9. The standard InChI is InChI=1S/C22H31N7O/c1-8-15-11-17(30)29(22(10-3)13(4)16(22)9-2)21(28-15)14(5)27-20(24-7)18-19(23-6)26-12-25-18/h8-9,12-14,16,23H,2,7,10-11H2,1,3-6H3,(H,25,26)/b15-8+,27-20?. The van der Waals surface area contributed by atoms with Gasteiger partial charge in [0.15, 0.2) is 11.7 Å². The molecule has 1 fully saturated rings. The molecule has 4 unspecified atom stereocenters. The van der Waals surface area contributed by atoms with E-state index in [4.69, 9.17) is 9.98 Å². The minimum absolute atomic E-state index is 0.0544. The van der Waals surface area contributed by atoms with Crippen LogP contribution in [0.4, 0.5) is 5.82 Å². The van der Waals surface area contributed by atoms with Crippen LogP contribution in [0, 0.1) is 11.8 Å². The molecule has 0 spiro atoms. The lowest BCUT2D eigenvalue weighted by Gasteiger charge is -2.38. The van der Waals surface area contributed by atoms with E-state index in [-0.39, 0.29) is 17.4 Å². The molecule has 2 heterocycles. The maximum atomic E-state index is 13.3. The molecule has 4 atom stereocenters. The third-order valence-electron chi connectivity index (χ3n) is 6.37. The van der Waals surface area contributed by atoms with Crippen molar-refractivity contribution in [3.63, 3.8) is 0 Å². The molecule has 1 aliphatic heterocycles. The quantitative estimate of drug-likeness (QED) is 0.410. The molecule has 0 aromatic carbocycles. The van der Waals surface area contributed by atoms with Crippen LogP contribution in [0.25, 0.3) is 0 Å². The van der Waals surface area contributed by atoms with E-state index in [1.54, 1.807) is 13.4 Å². The van der Waals surface area contributed by atoms with Gasteiger partial charge in [0.25, 0.3) is 0 Å². The van der Waals surface area contributed by atoms with Crippen LogP contribution >= 0.6 is 0 Å². The zero-order chi connectivity index (χ0) is 22.1. The van der Waals surface area contributed by atoms with Gasteiger partial charge in [0.05, 0.1) is 18.3 Å². The third kappa shape index (κ3) is 3.30. The zero-order valence-corrected chi connectivity index (χ0v) is 18.4. The molecule has 1 amide bonds. The largest absolute Gasteiger partial charge is 0.371 e. The molecule has 1 aromatic rings. The highest BCUT2D eigenvalue weighted by Crippen LogP contribution is 2.58. The average molecular weight is 410 g/mol. The minimum Gasteiger partial charge on any atom is -0.371 e. The fourth-order valence-electron chi connectivity index (χ4n) is 4.69. The number of carbonyl (C=O) groups excluding carboxylic acids is 1. The van der Waals surface area contributed by atoms with Crippen LogP contribution in [0.1, 0.15) is 46.2 Å². The molecule has 3 rings (SSSR count). The molecular weight excluding hydrogens is 378 g/mol. The van der Waals surface area contributed by atoms with Gasteiger partial charge in [0, 0.05) is 18.7 Å². The van der Waals surface area contributed by atoms with Gasteiger partial charge in [-0.2, -0.15) is 0 Å². The Hall–Kier alpha value is -3.03. The Morgan fingerprint density at radius 1 is 1.57 bits per heavy atom. The number of imidazole rings is 1. The number of allylic oxidation sites excluding steroid dienone is 1. The first kappa shape index (κ1) is 21.7. The number of hydrogen-bond donors (Lipinski definition) is 2. The number of rotatable bonds is 7. The molecule has 2 N–H and O–H groups in total. The smallest absolute Gasteiger partial charge is 0.234 e. The molecule has 1 aromatic heterocycles. The second kappa shape index (κ2) is 8.38. The number of nitrogens with one attached hydrogen (secondary N) is 2. The molecule has 30 heavy (non-hydrogen) atoms. The van der Waals surface area contributed by atoms with E-state index in [0.29, 0.717) is 35.5 Å². The van der Waals surface area contributed by atoms with E-state index in [0.717, 1.165) is 12.1 Å². The van der Waals surface area contributed by atoms with Crippen LogP contribution in [0.3, 0.4) is 0 Å². The molecule has 1 aliphatic carbocycles. The van der Waals surface area contributed by atoms with Gasteiger partial charge in [-0.05, 0) is 32.9 Å². The highest BCUT2D eigenvalue weighted by Gasteiger charge is 2.65. The van der Waals surface area contributed by atoms with Gasteiger partial charge in [0.1, 0.15) is 17.6 Å². The van der Waals surface area contributed by atoms with Crippen molar-refractivity contribution in [2.75, 3.05) is 12.4 Å². The van der Waals surface area contributed by atoms with Crippen LogP contribution in [0.2, 0.25) is 0 Å². The maximum Gasteiger partial charge on any atom is 0.234 e. The Morgan fingerprint density at radius 2 is 2.30 bits per heavy atom. The summed E-state index contributed by atoms with van der Waals surface area (Å²) >= 11 is 0. The Bertz CT molecular complexity index is 941. The Balaban J connectivity index is 2.07. The van der Waals surface area contributed by atoms with Crippen LogP contribution in [-0.2, 0) is 4.79 Å². The summed E-state index contributed by atoms with van der Waals surface area (Å²) in [4.78, 5) is 36.1. The number of anilines is 1.